The van der Waals surface area contributed by atoms with Gasteiger partial charge < -0.3 is 53.3 Å². The van der Waals surface area contributed by atoms with E-state index in [1.807, 2.05) is 20.8 Å². The molecule has 0 saturated carbocycles. The number of anilines is 6. The Bertz CT molecular complexity index is 2240. The van der Waals surface area contributed by atoms with E-state index in [0.717, 1.165) is 45.5 Å². The number of rotatable bonds is 18. The van der Waals surface area contributed by atoms with Crippen LogP contribution in [-0.2, 0) is 25.7 Å². The Labute approximate surface area is 323 Å². The van der Waals surface area contributed by atoms with Crippen molar-refractivity contribution in [3.63, 3.8) is 0 Å². The number of aromatic nitrogens is 10. The number of aryl methyl sites for hydroxylation is 4. The molecule has 6 heterocycles. The lowest BCUT2D eigenvalue weighted by Crippen LogP contribution is -2.10. The van der Waals surface area contributed by atoms with Gasteiger partial charge in [-0.1, -0.05) is 6.92 Å². The molecule has 0 spiro atoms. The van der Waals surface area contributed by atoms with E-state index in [1.165, 1.54) is 18.6 Å². The van der Waals surface area contributed by atoms with Crippen molar-refractivity contribution >= 4 is 58.0 Å². The predicted molar refractivity (Wildman–Crippen MR) is 209 cm³/mol. The predicted octanol–water partition coefficient (Wildman–Crippen LogP) is 4.76. The molecule has 6 aromatic rings. The zero-order valence-electron chi connectivity index (χ0n) is 30.4. The van der Waals surface area contributed by atoms with Gasteiger partial charge in [0.25, 0.3) is 0 Å². The van der Waals surface area contributed by atoms with E-state index in [-0.39, 0.29) is 52.8 Å². The minimum absolute atomic E-state index is 0.0485. The Morgan fingerprint density at radius 3 is 1.69 bits per heavy atom. The number of nitrogen functional groups attached to an aromatic ring is 6. The average molecular weight is 791 g/mol. The molecule has 12 N–H and O–H groups in total. The summed E-state index contributed by atoms with van der Waals surface area (Å²) in [6.07, 6.45) is 9.36. The van der Waals surface area contributed by atoms with Gasteiger partial charge in [-0.2, -0.15) is 15.0 Å². The topological polar surface area (TPSA) is 314 Å². The van der Waals surface area contributed by atoms with Crippen molar-refractivity contribution in [3.8, 4) is 40.8 Å². The first-order chi connectivity index (χ1) is 26.5. The van der Waals surface area contributed by atoms with Gasteiger partial charge in [0.1, 0.15) is 0 Å². The number of ether oxygens (including phenoxy) is 4. The first kappa shape index (κ1) is 38.4. The molecule has 0 amide bonds. The second-order valence-corrected chi connectivity index (χ2v) is 14.4. The van der Waals surface area contributed by atoms with E-state index in [2.05, 4.69) is 35.0 Å². The summed E-state index contributed by atoms with van der Waals surface area (Å²) in [7, 11) is 0. The van der Waals surface area contributed by atoms with Gasteiger partial charge in [-0.25, -0.2) is 29.6 Å². The van der Waals surface area contributed by atoms with Crippen LogP contribution in [0.4, 0.5) is 35.3 Å². The van der Waals surface area contributed by atoms with Gasteiger partial charge in [0, 0.05) is 0 Å². The molecule has 0 aliphatic carbocycles. The molecule has 0 aromatic carbocycles. The molecule has 1 atom stereocenters. The maximum Gasteiger partial charge on any atom is 0.236 e. The minimum Gasteiger partial charge on any atom is -0.477 e. The summed E-state index contributed by atoms with van der Waals surface area (Å²) < 4.78 is 25.6. The molecule has 20 nitrogen and oxygen atoms in total. The SMILES string of the molecule is CCOc1cc(Oc2cnc(N)nc2N)n(C(C)CCCc2nc(Oc3cnc(N)nc3N)c(CCCc3nc(Oc4cnc(N)nc4N)c(CC)s3)s2)n1. The third-order valence-corrected chi connectivity index (χ3v) is 10.4. The summed E-state index contributed by atoms with van der Waals surface area (Å²) >= 11 is 3.16. The average Bonchev–Trinajstić information content (AvgIpc) is 3.85. The van der Waals surface area contributed by atoms with Crippen LogP contribution in [0.1, 0.15) is 65.8 Å². The van der Waals surface area contributed by atoms with E-state index < -0.39 is 0 Å². The highest BCUT2D eigenvalue weighted by Gasteiger charge is 2.21. The van der Waals surface area contributed by atoms with Crippen molar-refractivity contribution in [1.29, 1.82) is 0 Å². The minimum atomic E-state index is -0.0776. The van der Waals surface area contributed by atoms with E-state index >= 15 is 0 Å². The highest BCUT2D eigenvalue weighted by atomic mass is 32.1. The number of thiazole rings is 2. The van der Waals surface area contributed by atoms with Crippen LogP contribution in [-0.4, -0.2) is 56.3 Å². The van der Waals surface area contributed by atoms with E-state index in [0.29, 0.717) is 55.1 Å². The Kier molecular flexibility index (Phi) is 12.0. The van der Waals surface area contributed by atoms with Crippen LogP contribution in [0, 0.1) is 0 Å². The summed E-state index contributed by atoms with van der Waals surface area (Å²) in [5.74, 6) is 3.14. The summed E-state index contributed by atoms with van der Waals surface area (Å²) in [4.78, 5) is 35.5. The van der Waals surface area contributed by atoms with Gasteiger partial charge in [0.15, 0.2) is 34.7 Å². The molecular formula is C33H42N16O4S2. The maximum absolute atomic E-state index is 6.17. The van der Waals surface area contributed by atoms with Crippen LogP contribution in [0.2, 0.25) is 0 Å². The monoisotopic (exact) mass is 790 g/mol. The Balaban J connectivity index is 1.13. The number of hydrogen-bond acceptors (Lipinski definition) is 21. The molecule has 6 rings (SSSR count). The third-order valence-electron chi connectivity index (χ3n) is 7.96. The molecule has 1 unspecified atom stereocenters. The Morgan fingerprint density at radius 2 is 1.16 bits per heavy atom. The molecule has 290 valence electrons. The van der Waals surface area contributed by atoms with E-state index in [1.54, 1.807) is 33.4 Å². The molecule has 6 aromatic heterocycles. The van der Waals surface area contributed by atoms with Crippen LogP contribution < -0.4 is 53.3 Å². The van der Waals surface area contributed by atoms with Gasteiger partial charge >= 0.3 is 0 Å². The van der Waals surface area contributed by atoms with E-state index in [4.69, 9.17) is 63.3 Å². The van der Waals surface area contributed by atoms with Crippen LogP contribution in [0.3, 0.4) is 0 Å². The van der Waals surface area contributed by atoms with Crippen LogP contribution in [0.5, 0.6) is 40.8 Å². The number of hydrogen-bond donors (Lipinski definition) is 6. The van der Waals surface area contributed by atoms with Gasteiger partial charge in [-0.05, 0) is 58.8 Å². The molecule has 0 aliphatic rings. The fraction of sp³-hybridized carbons (Fsp3) is 0.364. The lowest BCUT2D eigenvalue weighted by Gasteiger charge is -2.15. The highest BCUT2D eigenvalue weighted by molar-refractivity contribution is 7.12. The van der Waals surface area contributed by atoms with Crippen molar-refractivity contribution in [2.45, 2.75) is 71.8 Å². The zero-order chi connectivity index (χ0) is 39.1. The van der Waals surface area contributed by atoms with Crippen molar-refractivity contribution < 1.29 is 18.9 Å². The highest BCUT2D eigenvalue weighted by Crippen LogP contribution is 2.37. The Hall–Kier alpha value is -6.29. The molecule has 0 fully saturated rings. The van der Waals surface area contributed by atoms with Crippen molar-refractivity contribution in [1.82, 2.24) is 49.7 Å². The quantitative estimate of drug-likeness (QED) is 0.0683. The van der Waals surface area contributed by atoms with Crippen LogP contribution in [0.15, 0.2) is 24.7 Å². The lowest BCUT2D eigenvalue weighted by atomic mass is 10.1. The summed E-state index contributed by atoms with van der Waals surface area (Å²) in [5.41, 5.74) is 35.1. The lowest BCUT2D eigenvalue weighted by molar-refractivity contribution is 0.311. The van der Waals surface area contributed by atoms with Crippen molar-refractivity contribution in [2.75, 3.05) is 41.0 Å². The molecule has 55 heavy (non-hydrogen) atoms. The smallest absolute Gasteiger partial charge is 0.236 e. The van der Waals surface area contributed by atoms with Gasteiger partial charge in [0.05, 0.1) is 57.1 Å². The van der Waals surface area contributed by atoms with Gasteiger partial charge in [0.2, 0.25) is 41.4 Å². The molecule has 0 bridgehead atoms. The zero-order valence-corrected chi connectivity index (χ0v) is 32.1. The summed E-state index contributed by atoms with van der Waals surface area (Å²) in [5, 5.41) is 6.43. The summed E-state index contributed by atoms with van der Waals surface area (Å²) in [6.45, 7) is 6.41. The number of nitrogens with zero attached hydrogens (tertiary/aromatic N) is 10. The standard InChI is InChI=1S/C33H42N16O4S2/c1-4-20-29(52-18-14-41-32(38)46-27(18)35)43-23(54-20)11-7-9-21-30(53-19-15-42-33(39)47-28(19)36)44-24(55-21)10-6-8-16(3)49-25(12-22(48-49)50-5-2)51-17-13-40-31(37)45-26(17)34/h12-16H,4-11H2,1-3H3,(H4,34,37,40,45)(H4,35,38,41,46)(H4,36,39,42,47). The summed E-state index contributed by atoms with van der Waals surface area (Å²) in [6, 6.07) is 1.62. The first-order valence-corrected chi connectivity index (χ1v) is 19.0. The second kappa shape index (κ2) is 17.2. The maximum atomic E-state index is 6.17. The number of nitrogens with two attached hydrogens (primary N) is 6. The van der Waals surface area contributed by atoms with Crippen molar-refractivity contribution in [2.24, 2.45) is 0 Å². The molecule has 0 radical (unpaired) electrons. The fourth-order valence-electron chi connectivity index (χ4n) is 5.31. The van der Waals surface area contributed by atoms with Crippen molar-refractivity contribution in [3.05, 3.63) is 44.4 Å². The normalized spacial score (nSPS) is 11.8. The van der Waals surface area contributed by atoms with Crippen LogP contribution in [0.25, 0.3) is 0 Å². The van der Waals surface area contributed by atoms with E-state index in [9.17, 15) is 0 Å². The largest absolute Gasteiger partial charge is 0.477 e. The second-order valence-electron chi connectivity index (χ2n) is 12.1. The first-order valence-electron chi connectivity index (χ1n) is 17.4. The molecule has 0 saturated heterocycles. The molecular weight excluding hydrogens is 749 g/mol. The molecule has 22 heteroatoms. The Morgan fingerprint density at radius 1 is 0.655 bits per heavy atom. The van der Waals surface area contributed by atoms with Gasteiger partial charge in [-0.15, -0.1) is 27.8 Å². The third kappa shape index (κ3) is 9.64. The molecule has 0 aliphatic heterocycles. The van der Waals surface area contributed by atoms with Crippen LogP contribution >= 0.6 is 22.7 Å². The fourth-order valence-corrected chi connectivity index (χ4v) is 7.37. The van der Waals surface area contributed by atoms with Gasteiger partial charge in [-0.3, -0.25) is 0 Å².